The quantitative estimate of drug-likeness (QED) is 0.0379. The highest BCUT2D eigenvalue weighted by molar-refractivity contribution is 7.44. The zero-order valence-corrected chi connectivity index (χ0v) is 31.6. The van der Waals surface area contributed by atoms with E-state index in [9.17, 15) is 53.3 Å². The Kier molecular flexibility index (Phi) is 31.8. The number of nitrogens with zero attached hydrogens (tertiary/aromatic N) is 1. The average Bonchev–Trinajstić information content (AvgIpc) is 3.12. The molecule has 4 unspecified atom stereocenters. The second-order valence-electron chi connectivity index (χ2n) is 10.9. The summed E-state index contributed by atoms with van der Waals surface area (Å²) in [4.78, 5) is 21.3. The van der Waals surface area contributed by atoms with Crippen LogP contribution in [0.2, 0.25) is 0 Å². The van der Waals surface area contributed by atoms with Crippen LogP contribution in [0, 0.1) is 0 Å². The summed E-state index contributed by atoms with van der Waals surface area (Å²) in [6.07, 6.45) is -10.0. The van der Waals surface area contributed by atoms with E-state index in [1.165, 1.54) is 13.3 Å². The predicted octanol–water partition coefficient (Wildman–Crippen LogP) is 1.73. The second-order valence-corrected chi connectivity index (χ2v) is 14.2. The van der Waals surface area contributed by atoms with Crippen LogP contribution in [0.5, 0.6) is 0 Å². The van der Waals surface area contributed by atoms with Gasteiger partial charge < -0.3 is 40.9 Å². The van der Waals surface area contributed by atoms with E-state index in [-0.39, 0.29) is 33.0 Å². The van der Waals surface area contributed by atoms with Gasteiger partial charge in [0.15, 0.2) is 0 Å². The molecule has 0 aromatic heterocycles. The Morgan fingerprint density at radius 1 is 0.712 bits per heavy atom. The molecule has 0 spiro atoms. The van der Waals surface area contributed by atoms with Gasteiger partial charge >= 0.3 is 15.6 Å². The third-order valence-corrected chi connectivity index (χ3v) is 8.44. The average molecular weight is 789 g/mol. The van der Waals surface area contributed by atoms with Gasteiger partial charge in [0.25, 0.3) is 11.8 Å². The van der Waals surface area contributed by atoms with Crippen LogP contribution < -0.4 is 5.48 Å². The summed E-state index contributed by atoms with van der Waals surface area (Å²) >= 11 is 0. The molecule has 19 heteroatoms. The van der Waals surface area contributed by atoms with Crippen molar-refractivity contribution in [2.45, 2.75) is 88.4 Å². The second kappa shape index (κ2) is 32.0. The fourth-order valence-electron chi connectivity index (χ4n) is 3.61. The van der Waals surface area contributed by atoms with Crippen molar-refractivity contribution in [1.82, 2.24) is 10.5 Å². The maximum atomic E-state index is 13.3. The lowest BCUT2D eigenvalue weighted by Gasteiger charge is -2.26. The lowest BCUT2D eigenvalue weighted by molar-refractivity contribution is -0.192. The highest BCUT2D eigenvalue weighted by Crippen LogP contribution is 2.29. The highest BCUT2D eigenvalue weighted by atomic mass is 31.1. The fraction of sp³-hybridized carbons (Fsp3) is 0.606. The number of aliphatic hydroxyl groups is 8. The molecule has 0 saturated carbocycles. The number of nitrogens with one attached hydrogen (secondary N) is 1. The van der Waals surface area contributed by atoms with Crippen LogP contribution in [0.15, 0.2) is 60.7 Å². The number of carbonyl (C=O) groups is 1. The van der Waals surface area contributed by atoms with Crippen LogP contribution in [0.1, 0.15) is 37.8 Å². The molecule has 0 heterocycles. The van der Waals surface area contributed by atoms with Gasteiger partial charge in [-0.05, 0) is 25.0 Å². The molecule has 9 N–H and O–H groups in total. The maximum Gasteiger partial charge on any atom is 0.371 e. The molecule has 10 atom stereocenters. The maximum absolute atomic E-state index is 13.3. The summed E-state index contributed by atoms with van der Waals surface area (Å²) in [5.74, 6) is -3.50. The topological polar surface area (TPSA) is 247 Å². The summed E-state index contributed by atoms with van der Waals surface area (Å²) in [5, 5.41) is 74.2. The predicted molar refractivity (Wildman–Crippen MR) is 191 cm³/mol. The van der Waals surface area contributed by atoms with Gasteiger partial charge in [0.05, 0.1) is 44.3 Å². The number of hydrogen-bond acceptors (Lipinski definition) is 14. The molecule has 0 saturated heterocycles. The SMILES string of the molecule is CCO.CCO.C[P+](=O)C(F)C[C@@H](O)[C@@H](O)[C@@H](O)CN(C=O)OCc1ccccc1.C[P+](=O)C(F)C[C@@H](O)[C@@H](O)[C@@H](O)CNOCc1ccccc1. The third-order valence-electron chi connectivity index (χ3n) is 6.44. The van der Waals surface area contributed by atoms with Gasteiger partial charge in [0, 0.05) is 19.8 Å². The van der Waals surface area contributed by atoms with Crippen molar-refractivity contribution >= 4 is 22.0 Å². The molecule has 2 aromatic carbocycles. The minimum Gasteiger partial charge on any atom is -0.397 e. The fourth-order valence-corrected chi connectivity index (χ4v) is 4.64. The van der Waals surface area contributed by atoms with E-state index in [1.807, 2.05) is 36.4 Å². The molecule has 0 bridgehead atoms. The standard InChI is InChI=1S/C15H22FNO6P.C14H22FNO5P.2C2H6O/c1-24(22)14(16)7-12(19)15(21)13(20)8-17(10-18)23-9-11-5-3-2-4-6-11;1-22(20)13(15)7-11(17)14(19)12(18)8-16-21-9-10-5-3-2-4-6-10;2*1-2-3/h2-6,10,12-15,19-21H,7-9H2,1H3;2-6,11-14,16-19H,7-9H2,1H3;2*3H,2H2,1H3/q2*+1;;/t12-,13+,14?,15-;11-,12+,13?,14-;;/m11../s1. The highest BCUT2D eigenvalue weighted by Gasteiger charge is 2.35. The number of benzene rings is 2. The molecule has 0 aliphatic heterocycles. The van der Waals surface area contributed by atoms with E-state index in [0.717, 1.165) is 16.2 Å². The Morgan fingerprint density at radius 3 is 1.48 bits per heavy atom. The zero-order chi connectivity index (χ0) is 40.1. The number of rotatable bonds is 21. The van der Waals surface area contributed by atoms with Crippen molar-refractivity contribution in [2.75, 3.05) is 39.6 Å². The summed E-state index contributed by atoms with van der Waals surface area (Å²) < 4.78 is 48.4. The summed E-state index contributed by atoms with van der Waals surface area (Å²) in [6, 6.07) is 18.3. The van der Waals surface area contributed by atoms with Crippen LogP contribution in [0.4, 0.5) is 8.78 Å². The molecule has 2 aromatic rings. The van der Waals surface area contributed by atoms with E-state index in [0.29, 0.717) is 6.41 Å². The van der Waals surface area contributed by atoms with Crippen LogP contribution in [-0.4, -0.2) is 140 Å². The largest absolute Gasteiger partial charge is 0.397 e. The van der Waals surface area contributed by atoms with Gasteiger partial charge in [-0.15, -0.1) is 0 Å². The molecule has 0 fully saturated rings. The first-order chi connectivity index (χ1) is 24.6. The molecular formula is C33H56F2N2O13P2+2. The monoisotopic (exact) mass is 788 g/mol. The zero-order valence-electron chi connectivity index (χ0n) is 29.8. The van der Waals surface area contributed by atoms with Crippen LogP contribution >= 0.6 is 15.6 Å². The van der Waals surface area contributed by atoms with Crippen molar-refractivity contribution in [2.24, 2.45) is 0 Å². The molecule has 15 nitrogen and oxygen atoms in total. The molecule has 52 heavy (non-hydrogen) atoms. The van der Waals surface area contributed by atoms with Crippen molar-refractivity contribution < 1.29 is 73.2 Å². The minimum atomic E-state index is -2.15. The summed E-state index contributed by atoms with van der Waals surface area (Å²) in [7, 11) is -4.24. The Bertz CT molecular complexity index is 1180. The minimum absolute atomic E-state index is 0.0772. The van der Waals surface area contributed by atoms with Gasteiger partial charge in [-0.2, -0.15) is 14.3 Å². The summed E-state index contributed by atoms with van der Waals surface area (Å²) in [6.45, 7) is 6.03. The van der Waals surface area contributed by atoms with Crippen molar-refractivity contribution in [1.29, 1.82) is 0 Å². The Balaban J connectivity index is 0. The number of amides is 1. The van der Waals surface area contributed by atoms with Crippen molar-refractivity contribution in [3.63, 3.8) is 0 Å². The van der Waals surface area contributed by atoms with Crippen LogP contribution in [0.25, 0.3) is 0 Å². The number of aliphatic hydroxyl groups excluding tert-OH is 8. The number of hydroxylamine groups is 3. The van der Waals surface area contributed by atoms with E-state index in [2.05, 4.69) is 5.48 Å². The Morgan fingerprint density at radius 2 is 1.10 bits per heavy atom. The van der Waals surface area contributed by atoms with Crippen LogP contribution in [-0.2, 0) is 36.8 Å². The van der Waals surface area contributed by atoms with Crippen molar-refractivity contribution in [3.8, 4) is 0 Å². The van der Waals surface area contributed by atoms with E-state index in [1.54, 1.807) is 38.1 Å². The molecule has 0 aliphatic carbocycles. The molecule has 1 amide bonds. The van der Waals surface area contributed by atoms with Gasteiger partial charge in [0.2, 0.25) is 6.41 Å². The van der Waals surface area contributed by atoms with Gasteiger partial charge in [-0.3, -0.25) is 14.5 Å². The smallest absolute Gasteiger partial charge is 0.371 e. The van der Waals surface area contributed by atoms with E-state index in [4.69, 9.17) is 19.9 Å². The number of hydrogen-bond donors (Lipinski definition) is 9. The molecule has 0 radical (unpaired) electrons. The van der Waals surface area contributed by atoms with Crippen LogP contribution in [0.3, 0.4) is 0 Å². The van der Waals surface area contributed by atoms with Gasteiger partial charge in [0.1, 0.15) is 38.2 Å². The third kappa shape index (κ3) is 25.5. The number of carbonyl (C=O) groups excluding carboxylic acids is 1. The van der Waals surface area contributed by atoms with E-state index < -0.39 is 83.4 Å². The molecule has 2 rings (SSSR count). The molecular weight excluding hydrogens is 732 g/mol. The summed E-state index contributed by atoms with van der Waals surface area (Å²) in [5.41, 5.74) is 4.20. The Labute approximate surface area is 305 Å². The first kappa shape index (κ1) is 51.6. The van der Waals surface area contributed by atoms with Gasteiger partial charge in [-0.25, -0.2) is 5.06 Å². The first-order valence-electron chi connectivity index (χ1n) is 16.2. The Hall–Kier alpha value is -2.47. The number of alkyl halides is 2. The van der Waals surface area contributed by atoms with E-state index >= 15 is 0 Å². The first-order valence-corrected chi connectivity index (χ1v) is 19.8. The molecule has 298 valence electrons. The lowest BCUT2D eigenvalue weighted by Crippen LogP contribution is -2.45. The van der Waals surface area contributed by atoms with Gasteiger partial charge in [-0.1, -0.05) is 69.8 Å². The van der Waals surface area contributed by atoms with Crippen molar-refractivity contribution in [3.05, 3.63) is 71.8 Å². The number of halogens is 2. The lowest BCUT2D eigenvalue weighted by atomic mass is 10.1. The molecule has 0 aliphatic rings. The normalized spacial score (nSPS) is 15.9.